The van der Waals surface area contributed by atoms with Crippen LogP contribution in [0.5, 0.6) is 0 Å². The van der Waals surface area contributed by atoms with E-state index in [1.54, 1.807) is 11.9 Å². The highest BCUT2D eigenvalue weighted by molar-refractivity contribution is 6.17. The van der Waals surface area contributed by atoms with Crippen LogP contribution in [-0.2, 0) is 4.79 Å². The number of halogens is 1. The summed E-state index contributed by atoms with van der Waals surface area (Å²) in [7, 11) is 1.70. The highest BCUT2D eigenvalue weighted by Crippen LogP contribution is 1.97. The highest BCUT2D eigenvalue weighted by atomic mass is 35.5. The van der Waals surface area contributed by atoms with Crippen LogP contribution >= 0.6 is 11.6 Å². The van der Waals surface area contributed by atoms with Gasteiger partial charge in [-0.15, -0.1) is 11.6 Å². The van der Waals surface area contributed by atoms with E-state index < -0.39 is 0 Å². The van der Waals surface area contributed by atoms with Crippen LogP contribution in [0.4, 0.5) is 0 Å². The van der Waals surface area contributed by atoms with Crippen molar-refractivity contribution in [2.24, 2.45) is 0 Å². The number of carbonyl (C=O) groups excluding carboxylic acids is 1. The zero-order valence-electron chi connectivity index (χ0n) is 7.22. The lowest BCUT2D eigenvalue weighted by Gasteiger charge is -2.14. The predicted octanol–water partition coefficient (Wildman–Crippen LogP) is 1.38. The molecule has 12 heavy (non-hydrogen) atoms. The maximum Gasteiger partial charge on any atom is 0.222 e. The van der Waals surface area contributed by atoms with Crippen molar-refractivity contribution in [2.45, 2.75) is 19.3 Å². The number of nitrogens with zero attached hydrogens (tertiary/aromatic N) is 2. The minimum Gasteiger partial charge on any atom is -0.345 e. The molecule has 0 heterocycles. The summed E-state index contributed by atoms with van der Waals surface area (Å²) in [6, 6.07) is 1.99. The van der Waals surface area contributed by atoms with Gasteiger partial charge in [0, 0.05) is 25.9 Å². The van der Waals surface area contributed by atoms with Gasteiger partial charge in [-0.3, -0.25) is 4.79 Å². The number of amides is 1. The molecule has 0 saturated heterocycles. The minimum absolute atomic E-state index is 0.0610. The molecule has 0 aliphatic heterocycles. The van der Waals surface area contributed by atoms with Gasteiger partial charge in [0.05, 0.1) is 12.5 Å². The van der Waals surface area contributed by atoms with Gasteiger partial charge in [-0.2, -0.15) is 5.26 Å². The second-order valence-corrected chi connectivity index (χ2v) is 2.89. The minimum atomic E-state index is 0.0610. The number of carbonyl (C=O) groups is 1. The van der Waals surface area contributed by atoms with Crippen LogP contribution in [-0.4, -0.2) is 30.3 Å². The molecule has 0 spiro atoms. The van der Waals surface area contributed by atoms with Crippen LogP contribution in [0.3, 0.4) is 0 Å². The molecule has 0 rings (SSSR count). The van der Waals surface area contributed by atoms with E-state index >= 15 is 0 Å². The van der Waals surface area contributed by atoms with Crippen molar-refractivity contribution < 1.29 is 4.79 Å². The maximum atomic E-state index is 11.2. The van der Waals surface area contributed by atoms with Crippen molar-refractivity contribution in [2.75, 3.05) is 19.5 Å². The lowest BCUT2D eigenvalue weighted by atomic mass is 10.3. The van der Waals surface area contributed by atoms with E-state index in [1.165, 1.54) is 0 Å². The van der Waals surface area contributed by atoms with Crippen molar-refractivity contribution in [3.63, 3.8) is 0 Å². The second kappa shape index (κ2) is 6.93. The molecule has 0 aliphatic rings. The van der Waals surface area contributed by atoms with E-state index in [9.17, 15) is 4.79 Å². The number of hydrogen-bond donors (Lipinski definition) is 0. The van der Waals surface area contributed by atoms with E-state index in [-0.39, 0.29) is 5.91 Å². The van der Waals surface area contributed by atoms with Gasteiger partial charge in [0.2, 0.25) is 5.91 Å². The van der Waals surface area contributed by atoms with Gasteiger partial charge >= 0.3 is 0 Å². The third-order valence-electron chi connectivity index (χ3n) is 1.51. The summed E-state index contributed by atoms with van der Waals surface area (Å²) >= 11 is 5.43. The average Bonchev–Trinajstić information content (AvgIpc) is 2.10. The van der Waals surface area contributed by atoms with Gasteiger partial charge in [0.15, 0.2) is 0 Å². The first-order chi connectivity index (χ1) is 5.72. The number of alkyl halides is 1. The van der Waals surface area contributed by atoms with Crippen LogP contribution in [0, 0.1) is 11.3 Å². The van der Waals surface area contributed by atoms with E-state index in [4.69, 9.17) is 16.9 Å². The Kier molecular flexibility index (Phi) is 6.50. The summed E-state index contributed by atoms with van der Waals surface area (Å²) in [5, 5.41) is 8.26. The van der Waals surface area contributed by atoms with Crippen LogP contribution in [0.15, 0.2) is 0 Å². The van der Waals surface area contributed by atoms with E-state index in [0.717, 1.165) is 0 Å². The van der Waals surface area contributed by atoms with Crippen molar-refractivity contribution in [3.05, 3.63) is 0 Å². The molecule has 0 aromatic rings. The van der Waals surface area contributed by atoms with Crippen LogP contribution < -0.4 is 0 Å². The lowest BCUT2D eigenvalue weighted by Crippen LogP contribution is -2.27. The van der Waals surface area contributed by atoms with Gasteiger partial charge in [-0.05, 0) is 6.42 Å². The zero-order chi connectivity index (χ0) is 9.40. The highest BCUT2D eigenvalue weighted by Gasteiger charge is 2.06. The van der Waals surface area contributed by atoms with E-state index in [0.29, 0.717) is 31.7 Å². The van der Waals surface area contributed by atoms with E-state index in [1.807, 2.05) is 6.07 Å². The molecule has 0 aliphatic carbocycles. The Morgan fingerprint density at radius 1 is 1.67 bits per heavy atom. The molecule has 0 fully saturated rings. The fourth-order valence-corrected chi connectivity index (χ4v) is 0.885. The van der Waals surface area contributed by atoms with Crippen molar-refractivity contribution in [3.8, 4) is 6.07 Å². The monoisotopic (exact) mass is 188 g/mol. The molecule has 0 atom stereocenters. The van der Waals surface area contributed by atoms with Crippen LogP contribution in [0.2, 0.25) is 0 Å². The van der Waals surface area contributed by atoms with Crippen LogP contribution in [0.1, 0.15) is 19.3 Å². The van der Waals surface area contributed by atoms with Gasteiger partial charge in [-0.25, -0.2) is 0 Å². The molecule has 4 heteroatoms. The normalized spacial score (nSPS) is 9.08. The molecule has 0 N–H and O–H groups in total. The molecule has 68 valence electrons. The smallest absolute Gasteiger partial charge is 0.222 e. The first kappa shape index (κ1) is 11.2. The predicted molar refractivity (Wildman–Crippen MR) is 47.8 cm³/mol. The topological polar surface area (TPSA) is 44.1 Å². The van der Waals surface area contributed by atoms with Gasteiger partial charge in [0.1, 0.15) is 0 Å². The summed E-state index contributed by atoms with van der Waals surface area (Å²) in [4.78, 5) is 12.7. The summed E-state index contributed by atoms with van der Waals surface area (Å²) in [6.07, 6.45) is 1.58. The Morgan fingerprint density at radius 2 is 2.33 bits per heavy atom. The Hall–Kier alpha value is -0.750. The maximum absolute atomic E-state index is 11.2. The standard InChI is InChI=1S/C8H13ClN2O/c1-11(7-3-6-10)8(12)4-2-5-9/h2-5,7H2,1H3. The first-order valence-corrected chi connectivity index (χ1v) is 4.42. The molecule has 3 nitrogen and oxygen atoms in total. The number of nitriles is 1. The number of hydrogen-bond acceptors (Lipinski definition) is 2. The second-order valence-electron chi connectivity index (χ2n) is 2.52. The largest absolute Gasteiger partial charge is 0.345 e. The third-order valence-corrected chi connectivity index (χ3v) is 1.78. The molecule has 0 saturated carbocycles. The molecule has 0 bridgehead atoms. The van der Waals surface area contributed by atoms with Gasteiger partial charge < -0.3 is 4.90 Å². The van der Waals surface area contributed by atoms with Crippen molar-refractivity contribution in [1.29, 1.82) is 5.26 Å². The molecule has 0 aromatic carbocycles. The van der Waals surface area contributed by atoms with Gasteiger partial charge in [0.25, 0.3) is 0 Å². The Morgan fingerprint density at radius 3 is 2.83 bits per heavy atom. The number of rotatable bonds is 5. The zero-order valence-corrected chi connectivity index (χ0v) is 7.97. The Bertz CT molecular complexity index is 176. The quantitative estimate of drug-likeness (QED) is 0.612. The Balaban J connectivity index is 3.55. The molecular weight excluding hydrogens is 176 g/mol. The first-order valence-electron chi connectivity index (χ1n) is 3.89. The Labute approximate surface area is 77.9 Å². The summed E-state index contributed by atoms with van der Waals surface area (Å²) in [5.74, 6) is 0.573. The molecule has 0 radical (unpaired) electrons. The van der Waals surface area contributed by atoms with Crippen LogP contribution in [0.25, 0.3) is 0 Å². The van der Waals surface area contributed by atoms with Crippen molar-refractivity contribution >= 4 is 17.5 Å². The van der Waals surface area contributed by atoms with E-state index in [2.05, 4.69) is 0 Å². The molecule has 0 aromatic heterocycles. The summed E-state index contributed by atoms with van der Waals surface area (Å²) < 4.78 is 0. The van der Waals surface area contributed by atoms with Gasteiger partial charge in [-0.1, -0.05) is 0 Å². The lowest BCUT2D eigenvalue weighted by molar-refractivity contribution is -0.129. The summed E-state index contributed by atoms with van der Waals surface area (Å²) in [5.41, 5.74) is 0. The third kappa shape index (κ3) is 4.97. The fraction of sp³-hybridized carbons (Fsp3) is 0.750. The molecular formula is C8H13ClN2O. The molecule has 1 amide bonds. The fourth-order valence-electron chi connectivity index (χ4n) is 0.751. The molecule has 0 unspecified atom stereocenters. The average molecular weight is 189 g/mol. The SMILES string of the molecule is CN(CCC#N)C(=O)CCCCl. The summed E-state index contributed by atoms with van der Waals surface area (Å²) in [6.45, 7) is 0.512. The van der Waals surface area contributed by atoms with Crippen molar-refractivity contribution in [1.82, 2.24) is 4.90 Å².